The smallest absolute Gasteiger partial charge is 0.274 e. The summed E-state index contributed by atoms with van der Waals surface area (Å²) in [6.07, 6.45) is 0.516. The Morgan fingerprint density at radius 2 is 1.68 bits per heavy atom. The topological polar surface area (TPSA) is 62.1 Å². The van der Waals surface area contributed by atoms with Crippen molar-refractivity contribution in [1.29, 1.82) is 0 Å². The van der Waals surface area contributed by atoms with Gasteiger partial charge in [-0.15, -0.1) is 0 Å². The van der Waals surface area contributed by atoms with Crippen LogP contribution in [-0.2, 0) is 0 Å². The van der Waals surface area contributed by atoms with Crippen molar-refractivity contribution in [3.63, 3.8) is 0 Å². The summed E-state index contributed by atoms with van der Waals surface area (Å²) in [6.45, 7) is 0. The Labute approximate surface area is 163 Å². The zero-order chi connectivity index (χ0) is 19.5. The van der Waals surface area contributed by atoms with E-state index in [1.54, 1.807) is 31.4 Å². The summed E-state index contributed by atoms with van der Waals surface area (Å²) < 4.78 is 5.22. The molecule has 1 heterocycles. The average molecular weight is 372 g/mol. The van der Waals surface area contributed by atoms with Crippen LogP contribution in [0.2, 0.25) is 0 Å². The number of benzene rings is 3. The fourth-order valence-corrected chi connectivity index (χ4v) is 3.38. The number of rotatable bonds is 4. The van der Waals surface area contributed by atoms with Crippen molar-refractivity contribution < 1.29 is 14.6 Å². The Morgan fingerprint density at radius 1 is 1.00 bits per heavy atom. The molecule has 0 saturated heterocycles. The molecule has 28 heavy (non-hydrogen) atoms. The molecule has 140 valence electrons. The van der Waals surface area contributed by atoms with Crippen LogP contribution in [-0.4, -0.2) is 28.8 Å². The van der Waals surface area contributed by atoms with Crippen molar-refractivity contribution >= 4 is 11.6 Å². The third-order valence-electron chi connectivity index (χ3n) is 4.86. The molecule has 1 aliphatic heterocycles. The summed E-state index contributed by atoms with van der Waals surface area (Å²) in [7, 11) is 1.62. The van der Waals surface area contributed by atoms with Gasteiger partial charge in [-0.25, -0.2) is 5.01 Å². The number of methoxy groups -OCH3 is 1. The molecule has 3 aromatic rings. The first kappa shape index (κ1) is 17.8. The lowest BCUT2D eigenvalue weighted by atomic mass is 9.97. The molecule has 4 rings (SSSR count). The number of carbonyl (C=O) groups is 1. The van der Waals surface area contributed by atoms with Crippen LogP contribution in [0.3, 0.4) is 0 Å². The van der Waals surface area contributed by atoms with Crippen LogP contribution in [0, 0.1) is 0 Å². The van der Waals surface area contributed by atoms with E-state index >= 15 is 0 Å². The molecule has 0 unspecified atom stereocenters. The second-order valence-electron chi connectivity index (χ2n) is 6.57. The van der Waals surface area contributed by atoms with Crippen molar-refractivity contribution in [2.45, 2.75) is 12.5 Å². The number of phenols is 1. The molecule has 1 N–H and O–H groups in total. The van der Waals surface area contributed by atoms with Crippen LogP contribution < -0.4 is 4.74 Å². The molecule has 0 spiro atoms. The van der Waals surface area contributed by atoms with Crippen molar-refractivity contribution in [1.82, 2.24) is 5.01 Å². The minimum Gasteiger partial charge on any atom is -0.508 e. The van der Waals surface area contributed by atoms with Gasteiger partial charge >= 0.3 is 0 Å². The predicted molar refractivity (Wildman–Crippen MR) is 108 cm³/mol. The third-order valence-corrected chi connectivity index (χ3v) is 4.86. The van der Waals surface area contributed by atoms with Crippen LogP contribution >= 0.6 is 0 Å². The molecule has 0 saturated carbocycles. The maximum Gasteiger partial charge on any atom is 0.274 e. The number of carbonyl (C=O) groups excluding carboxylic acids is 1. The zero-order valence-corrected chi connectivity index (χ0v) is 15.4. The van der Waals surface area contributed by atoms with Gasteiger partial charge in [-0.1, -0.05) is 36.4 Å². The maximum atomic E-state index is 13.1. The largest absolute Gasteiger partial charge is 0.508 e. The number of hydrogen-bond donors (Lipinski definition) is 1. The average Bonchev–Trinajstić information content (AvgIpc) is 3.19. The Kier molecular flexibility index (Phi) is 4.81. The van der Waals surface area contributed by atoms with Crippen molar-refractivity contribution in [2.24, 2.45) is 5.10 Å². The highest BCUT2D eigenvalue weighted by molar-refractivity contribution is 6.05. The minimum absolute atomic E-state index is 0.157. The van der Waals surface area contributed by atoms with E-state index < -0.39 is 0 Å². The van der Waals surface area contributed by atoms with E-state index in [2.05, 4.69) is 5.10 Å². The van der Waals surface area contributed by atoms with Gasteiger partial charge < -0.3 is 9.84 Å². The highest BCUT2D eigenvalue weighted by Crippen LogP contribution is 2.37. The predicted octanol–water partition coefficient (Wildman–Crippen LogP) is 4.39. The number of ether oxygens (including phenoxy) is 1. The molecular formula is C23H20N2O3. The quantitative estimate of drug-likeness (QED) is 0.739. The van der Waals surface area contributed by atoms with Gasteiger partial charge in [0.25, 0.3) is 5.91 Å². The van der Waals surface area contributed by atoms with E-state index in [4.69, 9.17) is 4.74 Å². The lowest BCUT2D eigenvalue weighted by Gasteiger charge is -2.22. The Hall–Kier alpha value is -3.60. The molecule has 1 aliphatic rings. The highest BCUT2D eigenvalue weighted by Gasteiger charge is 2.34. The molecule has 5 nitrogen and oxygen atoms in total. The van der Waals surface area contributed by atoms with Crippen LogP contribution in [0.15, 0.2) is 84.0 Å². The molecule has 0 aromatic heterocycles. The van der Waals surface area contributed by atoms with E-state index in [1.807, 2.05) is 54.6 Å². The lowest BCUT2D eigenvalue weighted by molar-refractivity contribution is 0.0709. The Bertz CT molecular complexity index is 1010. The van der Waals surface area contributed by atoms with Crippen LogP contribution in [0.4, 0.5) is 0 Å². The van der Waals surface area contributed by atoms with Gasteiger partial charge in [0.1, 0.15) is 11.5 Å². The van der Waals surface area contributed by atoms with Crippen LogP contribution in [0.1, 0.15) is 33.9 Å². The molecule has 5 heteroatoms. The number of phenolic OH excluding ortho intramolecular Hbond substituents is 1. The summed E-state index contributed by atoms with van der Waals surface area (Å²) in [5.74, 6) is 0.721. The number of hydrogen-bond acceptors (Lipinski definition) is 4. The summed E-state index contributed by atoms with van der Waals surface area (Å²) >= 11 is 0. The first-order chi connectivity index (χ1) is 13.7. The van der Waals surface area contributed by atoms with Crippen LogP contribution in [0.25, 0.3) is 0 Å². The molecular weight excluding hydrogens is 352 g/mol. The second kappa shape index (κ2) is 7.56. The van der Waals surface area contributed by atoms with E-state index in [9.17, 15) is 9.90 Å². The molecule has 1 atom stereocenters. The van der Waals surface area contributed by atoms with Crippen molar-refractivity contribution in [3.05, 3.63) is 95.6 Å². The first-order valence-electron chi connectivity index (χ1n) is 9.06. The molecule has 3 aromatic carbocycles. The van der Waals surface area contributed by atoms with Gasteiger partial charge in [0, 0.05) is 17.5 Å². The number of amides is 1. The van der Waals surface area contributed by atoms with Crippen LogP contribution in [0.5, 0.6) is 11.5 Å². The van der Waals surface area contributed by atoms with E-state index in [0.717, 1.165) is 17.0 Å². The fraction of sp³-hybridized carbons (Fsp3) is 0.130. The molecule has 0 bridgehead atoms. The van der Waals surface area contributed by atoms with E-state index in [1.165, 1.54) is 5.01 Å². The second-order valence-corrected chi connectivity index (χ2v) is 6.57. The van der Waals surface area contributed by atoms with E-state index in [0.29, 0.717) is 17.5 Å². The number of aromatic hydroxyl groups is 1. The van der Waals surface area contributed by atoms with Gasteiger partial charge in [-0.2, -0.15) is 5.10 Å². The van der Waals surface area contributed by atoms with Gasteiger partial charge in [0.05, 0.1) is 18.9 Å². The summed E-state index contributed by atoms with van der Waals surface area (Å²) in [5, 5.41) is 16.5. The number of hydrazone groups is 1. The Morgan fingerprint density at radius 3 is 2.36 bits per heavy atom. The number of nitrogens with zero attached hydrogens (tertiary/aromatic N) is 2. The molecule has 0 fully saturated rings. The van der Waals surface area contributed by atoms with Gasteiger partial charge in [-0.3, -0.25) is 4.79 Å². The van der Waals surface area contributed by atoms with Crippen molar-refractivity contribution in [2.75, 3.05) is 7.11 Å². The van der Waals surface area contributed by atoms with Gasteiger partial charge in [0.15, 0.2) is 0 Å². The molecule has 0 aliphatic carbocycles. The summed E-state index contributed by atoms with van der Waals surface area (Å²) in [6, 6.07) is 23.4. The van der Waals surface area contributed by atoms with Gasteiger partial charge in [0.2, 0.25) is 0 Å². The minimum atomic E-state index is -0.369. The third kappa shape index (κ3) is 3.34. The lowest BCUT2D eigenvalue weighted by Crippen LogP contribution is -2.27. The van der Waals surface area contributed by atoms with E-state index in [-0.39, 0.29) is 17.7 Å². The van der Waals surface area contributed by atoms with Gasteiger partial charge in [-0.05, 0) is 48.0 Å². The molecule has 1 amide bonds. The SMILES string of the molecule is COc1ccc(C2=NN(C(=O)c3ccccc3)[C@@H](c3ccccc3O)C2)cc1. The highest BCUT2D eigenvalue weighted by atomic mass is 16.5. The maximum absolute atomic E-state index is 13.1. The summed E-state index contributed by atoms with van der Waals surface area (Å²) in [5.41, 5.74) is 2.95. The fourth-order valence-electron chi connectivity index (χ4n) is 3.38. The standard InChI is InChI=1S/C23H20N2O3/c1-28-18-13-11-16(12-14-18)20-15-21(19-9-5-6-10-22(19)26)25(24-20)23(27)17-7-3-2-4-8-17/h2-14,21,26H,15H2,1H3/t21-/m1/s1. The zero-order valence-electron chi connectivity index (χ0n) is 15.4. The van der Waals surface area contributed by atoms with Crippen molar-refractivity contribution in [3.8, 4) is 11.5 Å². The number of para-hydroxylation sites is 1. The first-order valence-corrected chi connectivity index (χ1v) is 9.06. The normalized spacial score (nSPS) is 16.0. The molecule has 0 radical (unpaired) electrons. The monoisotopic (exact) mass is 372 g/mol. The Balaban J connectivity index is 1.73. The summed E-state index contributed by atoms with van der Waals surface area (Å²) in [4.78, 5) is 13.1.